The molecule has 0 bridgehead atoms. The fraction of sp³-hybridized carbons (Fsp3) is 0.143. The van der Waals surface area contributed by atoms with Gasteiger partial charge in [0.15, 0.2) is 18.1 Å². The molecule has 30 heavy (non-hydrogen) atoms. The summed E-state index contributed by atoms with van der Waals surface area (Å²) in [5, 5.41) is 15.3. The van der Waals surface area contributed by atoms with Crippen LogP contribution in [0.1, 0.15) is 22.8 Å². The summed E-state index contributed by atoms with van der Waals surface area (Å²) in [6.45, 7) is 3.51. The maximum Gasteiger partial charge on any atom is 0.357 e. The van der Waals surface area contributed by atoms with Crippen molar-refractivity contribution in [3.05, 3.63) is 77.4 Å². The molecular formula is C21H18N6O3. The standard InChI is InChI=1S/C21H18N6O3/c1-14-8-10-17(11-9-14)20-22-19(30-24-20)13-29-21(28)18(27-15(2)23-25-26-27)12-16-6-4-3-5-7-16/h3-12H,13H2,1-2H3/b18-12-. The molecule has 4 aromatic rings. The zero-order chi connectivity index (χ0) is 20.9. The predicted molar refractivity (Wildman–Crippen MR) is 107 cm³/mol. The van der Waals surface area contributed by atoms with Crippen molar-refractivity contribution in [3.8, 4) is 11.4 Å². The summed E-state index contributed by atoms with van der Waals surface area (Å²) in [4.78, 5) is 17.1. The summed E-state index contributed by atoms with van der Waals surface area (Å²) in [6.07, 6.45) is 1.65. The van der Waals surface area contributed by atoms with Crippen molar-refractivity contribution in [1.29, 1.82) is 0 Å². The Bertz CT molecular complexity index is 1180. The Balaban J connectivity index is 1.52. The summed E-state index contributed by atoms with van der Waals surface area (Å²) >= 11 is 0. The number of aromatic nitrogens is 6. The van der Waals surface area contributed by atoms with Crippen LogP contribution in [0.3, 0.4) is 0 Å². The van der Waals surface area contributed by atoms with Crippen LogP contribution in [0.15, 0.2) is 59.1 Å². The second-order valence-electron chi connectivity index (χ2n) is 6.53. The van der Waals surface area contributed by atoms with Crippen LogP contribution < -0.4 is 0 Å². The van der Waals surface area contributed by atoms with Crippen molar-refractivity contribution in [3.63, 3.8) is 0 Å². The Hall–Kier alpha value is -4.14. The minimum Gasteiger partial charge on any atom is -0.451 e. The summed E-state index contributed by atoms with van der Waals surface area (Å²) in [5.74, 6) is 0.446. The minimum absolute atomic E-state index is 0.168. The van der Waals surface area contributed by atoms with E-state index in [1.807, 2.05) is 61.5 Å². The van der Waals surface area contributed by atoms with E-state index in [4.69, 9.17) is 9.26 Å². The molecule has 0 saturated heterocycles. The lowest BCUT2D eigenvalue weighted by atomic mass is 10.1. The third-order valence-electron chi connectivity index (χ3n) is 4.27. The van der Waals surface area contributed by atoms with Crippen molar-refractivity contribution < 1.29 is 14.1 Å². The number of ether oxygens (including phenoxy) is 1. The van der Waals surface area contributed by atoms with Gasteiger partial charge < -0.3 is 9.26 Å². The van der Waals surface area contributed by atoms with E-state index in [0.717, 1.165) is 16.7 Å². The number of carbonyl (C=O) groups is 1. The third kappa shape index (κ3) is 4.30. The number of carbonyl (C=O) groups excluding carboxylic acids is 1. The number of rotatable bonds is 6. The molecule has 4 rings (SSSR count). The van der Waals surface area contributed by atoms with Gasteiger partial charge in [-0.3, -0.25) is 0 Å². The van der Waals surface area contributed by atoms with Crippen LogP contribution in [0.2, 0.25) is 0 Å². The first-order valence-electron chi connectivity index (χ1n) is 9.19. The monoisotopic (exact) mass is 402 g/mol. The fourth-order valence-corrected chi connectivity index (χ4v) is 2.70. The first-order valence-corrected chi connectivity index (χ1v) is 9.19. The topological polar surface area (TPSA) is 109 Å². The molecule has 0 N–H and O–H groups in total. The van der Waals surface area contributed by atoms with E-state index in [2.05, 4.69) is 25.7 Å². The highest BCUT2D eigenvalue weighted by Crippen LogP contribution is 2.18. The van der Waals surface area contributed by atoms with Gasteiger partial charge in [-0.05, 0) is 35.9 Å². The summed E-state index contributed by atoms with van der Waals surface area (Å²) in [5.41, 5.74) is 2.92. The number of hydrogen-bond donors (Lipinski definition) is 0. The molecule has 0 unspecified atom stereocenters. The van der Waals surface area contributed by atoms with E-state index in [9.17, 15) is 4.79 Å². The Morgan fingerprint density at radius 1 is 1.10 bits per heavy atom. The molecule has 150 valence electrons. The van der Waals surface area contributed by atoms with Gasteiger partial charge in [-0.2, -0.15) is 9.67 Å². The molecule has 0 fully saturated rings. The fourth-order valence-electron chi connectivity index (χ4n) is 2.70. The smallest absolute Gasteiger partial charge is 0.357 e. The van der Waals surface area contributed by atoms with Crippen LogP contribution in [0, 0.1) is 13.8 Å². The maximum atomic E-state index is 12.8. The van der Waals surface area contributed by atoms with Crippen LogP contribution in [0.5, 0.6) is 0 Å². The van der Waals surface area contributed by atoms with Gasteiger partial charge in [0, 0.05) is 5.56 Å². The Morgan fingerprint density at radius 3 is 2.57 bits per heavy atom. The Labute approximate surface area is 172 Å². The number of hydrogen-bond acceptors (Lipinski definition) is 8. The normalized spacial score (nSPS) is 11.5. The van der Waals surface area contributed by atoms with Crippen LogP contribution in [-0.2, 0) is 16.1 Å². The van der Waals surface area contributed by atoms with E-state index in [-0.39, 0.29) is 18.2 Å². The van der Waals surface area contributed by atoms with Crippen molar-refractivity contribution in [1.82, 2.24) is 30.3 Å². The number of nitrogens with zero attached hydrogens (tertiary/aromatic N) is 6. The van der Waals surface area contributed by atoms with E-state index in [1.165, 1.54) is 4.68 Å². The number of benzene rings is 2. The largest absolute Gasteiger partial charge is 0.451 e. The molecule has 9 nitrogen and oxygen atoms in total. The summed E-state index contributed by atoms with van der Waals surface area (Å²) < 4.78 is 11.9. The molecule has 0 spiro atoms. The molecule has 2 aromatic heterocycles. The van der Waals surface area contributed by atoms with E-state index < -0.39 is 5.97 Å². The highest BCUT2D eigenvalue weighted by Gasteiger charge is 2.19. The lowest BCUT2D eigenvalue weighted by Gasteiger charge is -2.07. The third-order valence-corrected chi connectivity index (χ3v) is 4.27. The number of aryl methyl sites for hydroxylation is 2. The lowest BCUT2D eigenvalue weighted by Crippen LogP contribution is -2.15. The summed E-state index contributed by atoms with van der Waals surface area (Å²) in [6, 6.07) is 17.1. The van der Waals surface area contributed by atoms with Gasteiger partial charge in [0.2, 0.25) is 5.82 Å². The molecule has 0 saturated carbocycles. The van der Waals surface area contributed by atoms with Crippen LogP contribution in [0.4, 0.5) is 0 Å². The molecule has 0 aliphatic rings. The second-order valence-corrected chi connectivity index (χ2v) is 6.53. The van der Waals surface area contributed by atoms with Crippen molar-refractivity contribution in [2.45, 2.75) is 20.5 Å². The quantitative estimate of drug-likeness (QED) is 0.358. The Kier molecular flexibility index (Phi) is 5.42. The molecule has 0 radical (unpaired) electrons. The molecule has 2 heterocycles. The molecule has 0 aliphatic carbocycles. The van der Waals surface area contributed by atoms with Crippen molar-refractivity contribution >= 4 is 17.7 Å². The predicted octanol–water partition coefficient (Wildman–Crippen LogP) is 3.08. The van der Waals surface area contributed by atoms with Crippen LogP contribution >= 0.6 is 0 Å². The first-order chi connectivity index (χ1) is 14.6. The highest BCUT2D eigenvalue weighted by atomic mass is 16.6. The zero-order valence-electron chi connectivity index (χ0n) is 16.4. The van der Waals surface area contributed by atoms with Gasteiger partial charge in [0.1, 0.15) is 0 Å². The average Bonchev–Trinajstić information content (AvgIpc) is 3.41. The molecule has 0 aliphatic heterocycles. The van der Waals surface area contributed by atoms with Gasteiger partial charge in [-0.1, -0.05) is 65.3 Å². The molecule has 2 aromatic carbocycles. The summed E-state index contributed by atoms with van der Waals surface area (Å²) in [7, 11) is 0. The Morgan fingerprint density at radius 2 is 1.87 bits per heavy atom. The van der Waals surface area contributed by atoms with E-state index in [1.54, 1.807) is 13.0 Å². The van der Waals surface area contributed by atoms with Crippen molar-refractivity contribution in [2.75, 3.05) is 0 Å². The average molecular weight is 402 g/mol. The number of tetrazole rings is 1. The first kappa shape index (κ1) is 19.2. The van der Waals surface area contributed by atoms with Gasteiger partial charge in [0.05, 0.1) is 0 Å². The zero-order valence-corrected chi connectivity index (χ0v) is 16.4. The highest BCUT2D eigenvalue weighted by molar-refractivity contribution is 6.15. The van der Waals surface area contributed by atoms with Crippen LogP contribution in [0.25, 0.3) is 23.2 Å². The molecular weight excluding hydrogens is 384 g/mol. The van der Waals surface area contributed by atoms with Crippen LogP contribution in [-0.4, -0.2) is 36.3 Å². The van der Waals surface area contributed by atoms with Gasteiger partial charge in [-0.15, -0.1) is 5.10 Å². The van der Waals surface area contributed by atoms with Gasteiger partial charge in [-0.25, -0.2) is 4.79 Å². The van der Waals surface area contributed by atoms with Gasteiger partial charge >= 0.3 is 5.97 Å². The molecule has 0 amide bonds. The van der Waals surface area contributed by atoms with E-state index in [0.29, 0.717) is 11.6 Å². The molecule has 9 heteroatoms. The minimum atomic E-state index is -0.621. The lowest BCUT2D eigenvalue weighted by molar-refractivity contribution is -0.139. The number of esters is 1. The van der Waals surface area contributed by atoms with E-state index >= 15 is 0 Å². The van der Waals surface area contributed by atoms with Gasteiger partial charge in [0.25, 0.3) is 5.89 Å². The maximum absolute atomic E-state index is 12.8. The SMILES string of the molecule is Cc1ccc(-c2noc(COC(=O)/C(=C/c3ccccc3)n3nnnc3C)n2)cc1. The second kappa shape index (κ2) is 8.48. The molecule has 0 atom stereocenters. The van der Waals surface area contributed by atoms with Crippen molar-refractivity contribution in [2.24, 2.45) is 0 Å².